The van der Waals surface area contributed by atoms with Gasteiger partial charge >= 0.3 is 79.9 Å². The summed E-state index contributed by atoms with van der Waals surface area (Å²) in [5, 5.41) is 17.4. The van der Waals surface area contributed by atoms with Crippen LogP contribution in [0.4, 0.5) is 13.2 Å². The molecular formula is C47H77Br3F3N6Na2O14S2-. The monoisotopic (exact) mass is 1350 g/mol. The van der Waals surface area contributed by atoms with E-state index in [0.717, 1.165) is 75.7 Å². The SMILES string of the molecule is CCCCC([C-]=O)CC.CCCC[C@](C)(CO)NC(=O)c1ncc(F)cc1Br.CCCC[C@](C)(COS(=O)(=O)O)NC(=O)c1ncc(F)cc1Br.CCCC[C@](C)(COS(=O)(=O)O)NC(=O)c1ncc(F)cc1Br.[H-].[HH].[HH].[HH].[Na+].[Na+].[OH-]. The number of rotatable bonds is 27. The molecule has 0 aromatic carbocycles. The van der Waals surface area contributed by atoms with Crippen molar-refractivity contribution in [3.8, 4) is 0 Å². The van der Waals surface area contributed by atoms with Crippen LogP contribution in [0.5, 0.6) is 0 Å². The number of amides is 3. The first-order valence-corrected chi connectivity index (χ1v) is 28.6. The third kappa shape index (κ3) is 35.8. The first-order chi connectivity index (χ1) is 34.4. The van der Waals surface area contributed by atoms with Crippen LogP contribution < -0.4 is 75.1 Å². The third-order valence-electron chi connectivity index (χ3n) is 10.5. The number of carbonyl (C=O) groups is 3. The van der Waals surface area contributed by atoms with Crippen molar-refractivity contribution in [3.05, 3.63) is 84.7 Å². The fourth-order valence-electron chi connectivity index (χ4n) is 6.17. The van der Waals surface area contributed by atoms with E-state index < -0.39 is 85.8 Å². The van der Waals surface area contributed by atoms with E-state index >= 15 is 0 Å². The molecule has 436 valence electrons. The van der Waals surface area contributed by atoms with Gasteiger partial charge in [-0.15, -0.1) is 5.92 Å². The molecule has 1 unspecified atom stereocenters. The Morgan fingerprint density at radius 3 is 1.16 bits per heavy atom. The number of nitrogens with one attached hydrogen (secondary N) is 3. The summed E-state index contributed by atoms with van der Waals surface area (Å²) in [6.45, 7) is 14.0. The van der Waals surface area contributed by atoms with Crippen molar-refractivity contribution >= 4 is 92.6 Å². The van der Waals surface area contributed by atoms with Gasteiger partial charge in [-0.2, -0.15) is 16.8 Å². The van der Waals surface area contributed by atoms with Gasteiger partial charge in [0.15, 0.2) is 0 Å². The quantitative estimate of drug-likeness (QED) is 0.0345. The van der Waals surface area contributed by atoms with Crippen molar-refractivity contribution in [2.24, 2.45) is 5.92 Å². The predicted octanol–water partition coefficient (Wildman–Crippen LogP) is 4.61. The smallest absolute Gasteiger partial charge is 1.00 e. The summed E-state index contributed by atoms with van der Waals surface area (Å²) < 4.78 is 109. The topological polar surface area (TPSA) is 320 Å². The number of aromatic nitrogens is 3. The normalized spacial score (nSPS) is 13.5. The number of halogens is 6. The number of carbonyl (C=O) groups excluding carboxylic acids is 4. The maximum Gasteiger partial charge on any atom is 1.00 e. The van der Waals surface area contributed by atoms with Gasteiger partial charge in [-0.25, -0.2) is 36.5 Å². The Labute approximate surface area is 526 Å². The fourth-order valence-corrected chi connectivity index (χ4v) is 8.50. The summed E-state index contributed by atoms with van der Waals surface area (Å²) in [5.41, 5.74) is -2.75. The van der Waals surface area contributed by atoms with Crippen molar-refractivity contribution in [2.75, 3.05) is 19.8 Å². The van der Waals surface area contributed by atoms with Gasteiger partial charge in [-0.1, -0.05) is 98.8 Å². The minimum atomic E-state index is -4.62. The summed E-state index contributed by atoms with van der Waals surface area (Å²) in [6, 6.07) is 3.38. The van der Waals surface area contributed by atoms with Crippen LogP contribution in [0.1, 0.15) is 176 Å². The fraction of sp³-hybridized carbons (Fsp3) is 0.596. The Morgan fingerprint density at radius 1 is 0.636 bits per heavy atom. The molecule has 0 radical (unpaired) electrons. The molecule has 3 aromatic rings. The molecule has 0 saturated heterocycles. The summed E-state index contributed by atoms with van der Waals surface area (Å²) >= 11 is 9.20. The van der Waals surface area contributed by atoms with E-state index in [0.29, 0.717) is 36.6 Å². The van der Waals surface area contributed by atoms with Crippen molar-refractivity contribution in [1.82, 2.24) is 30.9 Å². The molecule has 7 N–H and O–H groups in total. The Bertz CT molecular complexity index is 2400. The maximum absolute atomic E-state index is 13.0. The Morgan fingerprint density at radius 2 is 0.922 bits per heavy atom. The van der Waals surface area contributed by atoms with Crippen LogP contribution in [-0.2, 0) is 34.0 Å². The number of unbranched alkanes of at least 4 members (excludes halogenated alkanes) is 4. The molecule has 4 atom stereocenters. The van der Waals surface area contributed by atoms with Crippen LogP contribution in [0.3, 0.4) is 0 Å². The Hall–Kier alpha value is -1.58. The van der Waals surface area contributed by atoms with Gasteiger partial charge in [0.1, 0.15) is 34.5 Å². The molecule has 3 amide bonds. The molecule has 0 saturated carbocycles. The standard InChI is InChI=1S/2C13H18BrFN2O5S.C13H18BrFN2O2.C8H15O.2Na.H2O.3H2.H/c2*1-3-4-5-13(2,8-22-23(19,20)21)17-12(18)11-10(14)6-9(15)7-16-11;1-3-4-5-13(2,8-18)17-12(19)11-10(14)6-9(15)7-16-11;1-3-5-6-8(4-2)7-9;;;;;;;/h2*6-7H,3-5,8H2,1-2H3,(H,17,18)(H,19,20,21);6-7,18H,3-5,8H2,1-2H3,(H,17,19);8H,3-6H2,1-2H3;;;1H2;3*1H;/q;;;-1;2*+1;;;;;-1/p-1/t3*13-;;;;;;;;/m111......../s1. The molecular weight excluding hydrogens is 1280 g/mol. The Balaban J connectivity index is -0.000000147. The summed E-state index contributed by atoms with van der Waals surface area (Å²) in [6.07, 6.45) is 15.5. The van der Waals surface area contributed by atoms with Gasteiger partial charge in [-0.05, 0) is 106 Å². The molecule has 0 aliphatic rings. The number of aliphatic hydroxyl groups is 1. The summed E-state index contributed by atoms with van der Waals surface area (Å²) in [4.78, 5) is 57.9. The van der Waals surface area contributed by atoms with E-state index in [9.17, 15) is 54.3 Å². The second-order valence-corrected chi connectivity index (χ2v) is 22.5. The van der Waals surface area contributed by atoms with E-state index in [1.54, 1.807) is 20.8 Å². The van der Waals surface area contributed by atoms with Crippen molar-refractivity contribution in [1.29, 1.82) is 0 Å². The molecule has 0 aliphatic carbocycles. The van der Waals surface area contributed by atoms with Crippen LogP contribution >= 0.6 is 47.8 Å². The molecule has 0 bridgehead atoms. The van der Waals surface area contributed by atoms with Crippen LogP contribution in [0.15, 0.2) is 50.2 Å². The van der Waals surface area contributed by atoms with E-state index in [2.05, 4.69) is 94.0 Å². The zero-order valence-corrected chi connectivity index (χ0v) is 55.5. The average molecular weight is 1360 g/mol. The van der Waals surface area contributed by atoms with E-state index in [1.165, 1.54) is 12.5 Å². The molecule has 30 heteroatoms. The second kappa shape index (κ2) is 41.4. The van der Waals surface area contributed by atoms with E-state index in [4.69, 9.17) is 9.11 Å². The average Bonchev–Trinajstić information content (AvgIpc) is 3.31. The van der Waals surface area contributed by atoms with Crippen molar-refractivity contribution in [2.45, 2.75) is 155 Å². The zero-order chi connectivity index (χ0) is 56.9. The summed E-state index contributed by atoms with van der Waals surface area (Å²) in [5.74, 6) is -3.18. The van der Waals surface area contributed by atoms with E-state index in [-0.39, 0.29) is 109 Å². The van der Waals surface area contributed by atoms with Crippen LogP contribution in [-0.4, -0.2) is 112 Å². The number of hydrogen-bond acceptors (Lipinski definition) is 15. The largest absolute Gasteiger partial charge is 1.00 e. The third-order valence-corrected chi connectivity index (χ3v) is 13.2. The van der Waals surface area contributed by atoms with Gasteiger partial charge in [0, 0.05) is 4.28 Å². The van der Waals surface area contributed by atoms with Gasteiger partial charge in [0.2, 0.25) is 0 Å². The molecule has 0 aliphatic heterocycles. The Kier molecular flexibility index (Phi) is 44.0. The minimum Gasteiger partial charge on any atom is -1.00 e. The van der Waals surface area contributed by atoms with Crippen molar-refractivity contribution < 1.29 is 142 Å². The maximum atomic E-state index is 13.0. The number of aliphatic hydroxyl groups excluding tert-OH is 1. The van der Waals surface area contributed by atoms with Gasteiger partial charge in [-0.3, -0.25) is 29.8 Å². The number of pyridine rings is 3. The molecule has 77 heavy (non-hydrogen) atoms. The van der Waals surface area contributed by atoms with Gasteiger partial charge in [0.25, 0.3) is 17.7 Å². The van der Waals surface area contributed by atoms with Gasteiger partial charge < -0.3 is 32.8 Å². The van der Waals surface area contributed by atoms with Crippen LogP contribution in [0, 0.1) is 23.4 Å². The summed E-state index contributed by atoms with van der Waals surface area (Å²) in [7, 11) is -9.24. The predicted molar refractivity (Wildman–Crippen MR) is 292 cm³/mol. The van der Waals surface area contributed by atoms with E-state index in [1.807, 2.05) is 34.0 Å². The molecule has 20 nitrogen and oxygen atoms in total. The van der Waals surface area contributed by atoms with Crippen molar-refractivity contribution in [3.63, 3.8) is 0 Å². The molecule has 0 fully saturated rings. The van der Waals surface area contributed by atoms with Gasteiger partial charge in [0.05, 0.1) is 68.4 Å². The number of hydrogen-bond donors (Lipinski definition) is 6. The molecule has 3 aromatic heterocycles. The minimum absolute atomic E-state index is 0. The van der Waals surface area contributed by atoms with Crippen LogP contribution in [0.25, 0.3) is 0 Å². The van der Waals surface area contributed by atoms with Crippen LogP contribution in [0.2, 0.25) is 0 Å². The number of nitrogens with zero attached hydrogens (tertiary/aromatic N) is 3. The molecule has 0 spiro atoms. The first kappa shape index (κ1) is 81.9. The molecule has 3 heterocycles. The zero-order valence-electron chi connectivity index (χ0n) is 46.2. The first-order valence-electron chi connectivity index (χ1n) is 23.5. The second-order valence-electron chi connectivity index (χ2n) is 17.7. The molecule has 3 rings (SSSR count).